The van der Waals surface area contributed by atoms with Gasteiger partial charge in [0, 0.05) is 31.6 Å². The van der Waals surface area contributed by atoms with Gasteiger partial charge in [-0.25, -0.2) is 0 Å². The molecule has 0 unspecified atom stereocenters. The molecule has 1 aromatic carbocycles. The van der Waals surface area contributed by atoms with E-state index < -0.39 is 0 Å². The third-order valence-corrected chi connectivity index (χ3v) is 5.28. The van der Waals surface area contributed by atoms with Crippen molar-refractivity contribution < 1.29 is 9.53 Å². The van der Waals surface area contributed by atoms with Gasteiger partial charge in [-0.05, 0) is 43.0 Å². The number of nitrogens with zero attached hydrogens (tertiary/aromatic N) is 4. The van der Waals surface area contributed by atoms with E-state index in [2.05, 4.69) is 10.2 Å². The Morgan fingerprint density at radius 2 is 2.04 bits per heavy atom. The van der Waals surface area contributed by atoms with Gasteiger partial charge in [-0.1, -0.05) is 24.3 Å². The second-order valence-corrected chi connectivity index (χ2v) is 6.98. The van der Waals surface area contributed by atoms with Gasteiger partial charge in [-0.3, -0.25) is 9.20 Å². The summed E-state index contributed by atoms with van der Waals surface area (Å²) in [6.07, 6.45) is 5.21. The lowest BCUT2D eigenvalue weighted by Crippen LogP contribution is -2.39. The predicted molar refractivity (Wildman–Crippen MR) is 103 cm³/mol. The molecule has 0 saturated carbocycles. The molecule has 140 valence electrons. The molecule has 1 atom stereocenters. The van der Waals surface area contributed by atoms with E-state index in [-0.39, 0.29) is 11.8 Å². The highest BCUT2D eigenvalue weighted by Gasteiger charge is 2.27. The first-order valence-corrected chi connectivity index (χ1v) is 9.45. The number of piperidine rings is 1. The summed E-state index contributed by atoms with van der Waals surface area (Å²) in [5.74, 6) is 2.22. The summed E-state index contributed by atoms with van der Waals surface area (Å²) < 4.78 is 7.42. The Morgan fingerprint density at radius 3 is 2.93 bits per heavy atom. The lowest BCUT2D eigenvalue weighted by atomic mass is 9.96. The largest absolute Gasteiger partial charge is 0.496 e. The zero-order chi connectivity index (χ0) is 18.6. The third kappa shape index (κ3) is 3.65. The standard InChI is InChI=1S/C21H24N4O2/c1-27-18-9-3-2-7-16(18)11-12-20(26)24-13-6-8-17(15-24)21-23-22-19-10-4-5-14-25(19)21/h2-5,7,9-10,14,17H,6,8,11-13,15H2,1H3/t17-/m1/s1. The average Bonchev–Trinajstić information content (AvgIpc) is 3.16. The minimum atomic E-state index is 0.194. The minimum Gasteiger partial charge on any atom is -0.496 e. The molecule has 4 rings (SSSR count). The van der Waals surface area contributed by atoms with E-state index in [0.717, 1.165) is 42.2 Å². The summed E-state index contributed by atoms with van der Waals surface area (Å²) in [5, 5.41) is 8.64. The number of rotatable bonds is 5. The summed E-state index contributed by atoms with van der Waals surface area (Å²) in [4.78, 5) is 14.8. The number of ether oxygens (including phenoxy) is 1. The van der Waals surface area contributed by atoms with Crippen LogP contribution in [0.5, 0.6) is 5.75 Å². The van der Waals surface area contributed by atoms with Crippen molar-refractivity contribution in [3.05, 3.63) is 60.0 Å². The van der Waals surface area contributed by atoms with Crippen molar-refractivity contribution in [2.45, 2.75) is 31.6 Å². The van der Waals surface area contributed by atoms with Gasteiger partial charge in [0.25, 0.3) is 0 Å². The highest BCUT2D eigenvalue weighted by molar-refractivity contribution is 5.76. The van der Waals surface area contributed by atoms with Gasteiger partial charge in [0.2, 0.25) is 5.91 Å². The Balaban J connectivity index is 1.42. The van der Waals surface area contributed by atoms with Gasteiger partial charge < -0.3 is 9.64 Å². The molecular formula is C21H24N4O2. The van der Waals surface area contributed by atoms with Crippen LogP contribution in [0, 0.1) is 0 Å². The zero-order valence-corrected chi connectivity index (χ0v) is 15.5. The Labute approximate surface area is 158 Å². The molecule has 2 aromatic heterocycles. The van der Waals surface area contributed by atoms with Gasteiger partial charge in [0.15, 0.2) is 5.65 Å². The molecule has 1 saturated heterocycles. The van der Waals surface area contributed by atoms with Crippen LogP contribution >= 0.6 is 0 Å². The van der Waals surface area contributed by atoms with Crippen molar-refractivity contribution in [3.8, 4) is 5.75 Å². The van der Waals surface area contributed by atoms with Crippen molar-refractivity contribution in [1.29, 1.82) is 0 Å². The van der Waals surface area contributed by atoms with Crippen molar-refractivity contribution in [3.63, 3.8) is 0 Å². The van der Waals surface area contributed by atoms with Crippen LogP contribution in [0.15, 0.2) is 48.7 Å². The fourth-order valence-electron chi connectivity index (χ4n) is 3.86. The maximum absolute atomic E-state index is 12.8. The molecule has 3 aromatic rings. The number of aromatic nitrogens is 3. The second-order valence-electron chi connectivity index (χ2n) is 6.98. The molecule has 0 bridgehead atoms. The van der Waals surface area contributed by atoms with Crippen LogP contribution in [-0.2, 0) is 11.2 Å². The Bertz CT molecular complexity index is 937. The molecule has 27 heavy (non-hydrogen) atoms. The van der Waals surface area contributed by atoms with Gasteiger partial charge >= 0.3 is 0 Å². The maximum Gasteiger partial charge on any atom is 0.222 e. The molecule has 0 radical (unpaired) electrons. The number of carbonyl (C=O) groups is 1. The van der Waals surface area contributed by atoms with Crippen molar-refractivity contribution in [2.24, 2.45) is 0 Å². The monoisotopic (exact) mass is 364 g/mol. The van der Waals surface area contributed by atoms with Crippen LogP contribution in [0.25, 0.3) is 5.65 Å². The summed E-state index contributed by atoms with van der Waals surface area (Å²) in [6, 6.07) is 13.8. The predicted octanol–water partition coefficient (Wildman–Crippen LogP) is 3.08. The number of hydrogen-bond acceptors (Lipinski definition) is 4. The van der Waals surface area contributed by atoms with Crippen LogP contribution < -0.4 is 4.74 Å². The molecule has 1 aliphatic heterocycles. The number of benzene rings is 1. The van der Waals surface area contributed by atoms with Gasteiger partial charge in [-0.15, -0.1) is 10.2 Å². The van der Waals surface area contributed by atoms with E-state index in [4.69, 9.17) is 4.74 Å². The Morgan fingerprint density at radius 1 is 1.19 bits per heavy atom. The Hall–Kier alpha value is -2.89. The number of fused-ring (bicyclic) bond motifs is 1. The summed E-state index contributed by atoms with van der Waals surface area (Å²) in [5.41, 5.74) is 1.93. The zero-order valence-electron chi connectivity index (χ0n) is 15.5. The SMILES string of the molecule is COc1ccccc1CCC(=O)N1CCC[C@@H](c2nnc3ccccn23)C1. The fourth-order valence-corrected chi connectivity index (χ4v) is 3.86. The molecule has 6 heteroatoms. The molecular weight excluding hydrogens is 340 g/mol. The molecule has 1 amide bonds. The smallest absolute Gasteiger partial charge is 0.222 e. The number of methoxy groups -OCH3 is 1. The van der Waals surface area contributed by atoms with E-state index in [0.29, 0.717) is 19.4 Å². The lowest BCUT2D eigenvalue weighted by Gasteiger charge is -2.32. The number of hydrogen-bond donors (Lipinski definition) is 0. The molecule has 1 aliphatic rings. The number of para-hydroxylation sites is 1. The highest BCUT2D eigenvalue weighted by Crippen LogP contribution is 2.27. The minimum absolute atomic E-state index is 0.194. The average molecular weight is 364 g/mol. The van der Waals surface area contributed by atoms with Crippen LogP contribution in [0.1, 0.15) is 36.6 Å². The first kappa shape index (κ1) is 17.5. The van der Waals surface area contributed by atoms with Crippen LogP contribution in [0.4, 0.5) is 0 Å². The third-order valence-electron chi connectivity index (χ3n) is 5.28. The normalized spacial score (nSPS) is 17.2. The quantitative estimate of drug-likeness (QED) is 0.698. The van der Waals surface area contributed by atoms with Crippen molar-refractivity contribution in [2.75, 3.05) is 20.2 Å². The summed E-state index contributed by atoms with van der Waals surface area (Å²) in [7, 11) is 1.67. The number of amides is 1. The van der Waals surface area contributed by atoms with E-state index >= 15 is 0 Å². The number of pyridine rings is 1. The molecule has 0 aliphatic carbocycles. The molecule has 0 N–H and O–H groups in total. The van der Waals surface area contributed by atoms with Crippen LogP contribution in [0.2, 0.25) is 0 Å². The molecule has 0 spiro atoms. The molecule has 6 nitrogen and oxygen atoms in total. The molecule has 3 heterocycles. The van der Waals surface area contributed by atoms with Crippen molar-refractivity contribution >= 4 is 11.6 Å². The van der Waals surface area contributed by atoms with Crippen molar-refractivity contribution in [1.82, 2.24) is 19.5 Å². The fraction of sp³-hybridized carbons (Fsp3) is 0.381. The van der Waals surface area contributed by atoms with E-state index in [1.165, 1.54) is 0 Å². The highest BCUT2D eigenvalue weighted by atomic mass is 16.5. The lowest BCUT2D eigenvalue weighted by molar-refractivity contribution is -0.132. The van der Waals surface area contributed by atoms with E-state index in [1.54, 1.807) is 7.11 Å². The van der Waals surface area contributed by atoms with Crippen LogP contribution in [-0.4, -0.2) is 45.6 Å². The van der Waals surface area contributed by atoms with Crippen LogP contribution in [0.3, 0.4) is 0 Å². The number of carbonyl (C=O) groups excluding carboxylic acids is 1. The Kier molecular flexibility index (Phi) is 5.05. The maximum atomic E-state index is 12.8. The first-order chi connectivity index (χ1) is 13.3. The van der Waals surface area contributed by atoms with Gasteiger partial charge in [0.1, 0.15) is 11.6 Å². The number of aryl methyl sites for hydroxylation is 1. The van der Waals surface area contributed by atoms with E-state index in [9.17, 15) is 4.79 Å². The summed E-state index contributed by atoms with van der Waals surface area (Å²) in [6.45, 7) is 1.53. The molecule has 1 fully saturated rings. The first-order valence-electron chi connectivity index (χ1n) is 9.45. The summed E-state index contributed by atoms with van der Waals surface area (Å²) >= 11 is 0. The topological polar surface area (TPSA) is 59.7 Å². The van der Waals surface area contributed by atoms with Gasteiger partial charge in [0.05, 0.1) is 7.11 Å². The second kappa shape index (κ2) is 7.78. The number of likely N-dealkylation sites (tertiary alicyclic amines) is 1. The van der Waals surface area contributed by atoms with E-state index in [1.807, 2.05) is 58.0 Å². The van der Waals surface area contributed by atoms with Gasteiger partial charge in [-0.2, -0.15) is 0 Å².